The maximum absolute atomic E-state index is 13.2. The molecule has 3 aromatic heterocycles. The van der Waals surface area contributed by atoms with Gasteiger partial charge in [-0.3, -0.25) is 14.7 Å². The standard InChI is InChI=1S/C23H20F3N7O2/c1-22(2,23(24,25)26)21-30-18(31-32-21)11-28-20(35)17-10-29-33(12-17)19-8-7-16(9-27-19)15-5-3-14(13-34)4-6-15/h3-10,12-13H,11H2,1-2H3,(H,28,35)(H,30,31,32). The number of hydrogen-bond acceptors (Lipinski definition) is 6. The van der Waals surface area contributed by atoms with Gasteiger partial charge in [-0.05, 0) is 31.5 Å². The van der Waals surface area contributed by atoms with E-state index >= 15 is 0 Å². The van der Waals surface area contributed by atoms with Crippen molar-refractivity contribution in [3.8, 4) is 16.9 Å². The quantitative estimate of drug-likeness (QED) is 0.388. The first-order valence-corrected chi connectivity index (χ1v) is 10.4. The van der Waals surface area contributed by atoms with E-state index < -0.39 is 23.3 Å². The largest absolute Gasteiger partial charge is 0.401 e. The molecule has 0 spiro atoms. The van der Waals surface area contributed by atoms with Crippen molar-refractivity contribution in [2.75, 3.05) is 0 Å². The summed E-state index contributed by atoms with van der Waals surface area (Å²) in [7, 11) is 0. The van der Waals surface area contributed by atoms with Crippen LogP contribution in [0, 0.1) is 0 Å². The Morgan fingerprint density at radius 1 is 1.09 bits per heavy atom. The van der Waals surface area contributed by atoms with Gasteiger partial charge in [0.2, 0.25) is 0 Å². The van der Waals surface area contributed by atoms with Crippen molar-refractivity contribution in [1.82, 2.24) is 35.3 Å². The SMILES string of the molecule is CC(C)(c1n[nH]c(CNC(=O)c2cnn(-c3ccc(-c4ccc(C=O)cc4)cn3)c2)n1)C(F)(F)F. The molecular formula is C23H20F3N7O2. The fourth-order valence-corrected chi connectivity index (χ4v) is 3.06. The molecule has 4 aromatic rings. The summed E-state index contributed by atoms with van der Waals surface area (Å²) in [5.41, 5.74) is 0.320. The van der Waals surface area contributed by atoms with Crippen LogP contribution in [0.3, 0.4) is 0 Å². The number of halogens is 3. The smallest absolute Gasteiger partial charge is 0.345 e. The van der Waals surface area contributed by atoms with E-state index in [4.69, 9.17) is 0 Å². The lowest BCUT2D eigenvalue weighted by molar-refractivity contribution is -0.182. The van der Waals surface area contributed by atoms with E-state index in [0.29, 0.717) is 11.4 Å². The van der Waals surface area contributed by atoms with Gasteiger partial charge in [0.05, 0.1) is 18.3 Å². The predicted octanol–water partition coefficient (Wildman–Crippen LogP) is 3.63. The highest BCUT2D eigenvalue weighted by Gasteiger charge is 2.51. The van der Waals surface area contributed by atoms with Crippen molar-refractivity contribution >= 4 is 12.2 Å². The van der Waals surface area contributed by atoms with Crippen LogP contribution in [0.4, 0.5) is 13.2 Å². The number of pyridine rings is 1. The highest BCUT2D eigenvalue weighted by atomic mass is 19.4. The van der Waals surface area contributed by atoms with Crippen LogP contribution in [0.2, 0.25) is 0 Å². The Morgan fingerprint density at radius 2 is 1.80 bits per heavy atom. The summed E-state index contributed by atoms with van der Waals surface area (Å²) in [5, 5.41) is 12.8. The molecule has 0 atom stereocenters. The summed E-state index contributed by atoms with van der Waals surface area (Å²) in [5.74, 6) is -0.324. The number of H-pyrrole nitrogens is 1. The molecule has 35 heavy (non-hydrogen) atoms. The average Bonchev–Trinajstić information content (AvgIpc) is 3.53. The molecule has 180 valence electrons. The molecule has 0 unspecified atom stereocenters. The van der Waals surface area contributed by atoms with Crippen molar-refractivity contribution in [3.05, 3.63) is 77.8 Å². The molecule has 0 aliphatic rings. The Balaban J connectivity index is 1.39. The average molecular weight is 483 g/mol. The summed E-state index contributed by atoms with van der Waals surface area (Å²) in [6.07, 6.45) is 0.735. The van der Waals surface area contributed by atoms with Gasteiger partial charge in [0.25, 0.3) is 5.91 Å². The molecule has 1 amide bonds. The molecule has 0 bridgehead atoms. The summed E-state index contributed by atoms with van der Waals surface area (Å²) < 4.78 is 40.9. The lowest BCUT2D eigenvalue weighted by atomic mass is 9.92. The van der Waals surface area contributed by atoms with E-state index in [2.05, 4.69) is 30.6 Å². The number of hydrogen-bond donors (Lipinski definition) is 2. The van der Waals surface area contributed by atoms with Crippen LogP contribution in [-0.2, 0) is 12.0 Å². The molecule has 9 nitrogen and oxygen atoms in total. The van der Waals surface area contributed by atoms with Crippen LogP contribution in [0.5, 0.6) is 0 Å². The third kappa shape index (κ3) is 4.95. The Kier molecular flexibility index (Phi) is 6.20. The highest BCUT2D eigenvalue weighted by molar-refractivity contribution is 5.93. The Hall–Kier alpha value is -4.35. The number of carbonyl (C=O) groups is 2. The number of aromatic nitrogens is 6. The van der Waals surface area contributed by atoms with Gasteiger partial charge < -0.3 is 5.32 Å². The number of rotatable bonds is 7. The van der Waals surface area contributed by atoms with E-state index in [1.165, 1.54) is 17.1 Å². The number of benzene rings is 1. The Morgan fingerprint density at radius 3 is 2.43 bits per heavy atom. The molecule has 12 heteroatoms. The second-order valence-corrected chi connectivity index (χ2v) is 8.23. The minimum atomic E-state index is -4.52. The summed E-state index contributed by atoms with van der Waals surface area (Å²) in [6.45, 7) is 1.83. The zero-order chi connectivity index (χ0) is 25.2. The van der Waals surface area contributed by atoms with Crippen LogP contribution in [0.15, 0.2) is 55.0 Å². The fraction of sp³-hybridized carbons (Fsp3) is 0.217. The van der Waals surface area contributed by atoms with Gasteiger partial charge in [0.15, 0.2) is 11.6 Å². The Bertz CT molecular complexity index is 1340. The first-order chi connectivity index (χ1) is 16.6. The Labute approximate surface area is 197 Å². The van der Waals surface area contributed by atoms with E-state index in [1.54, 1.807) is 24.4 Å². The molecule has 0 aliphatic carbocycles. The monoisotopic (exact) mass is 483 g/mol. The molecule has 4 rings (SSSR count). The van der Waals surface area contributed by atoms with Crippen LogP contribution in [0.25, 0.3) is 16.9 Å². The molecule has 0 saturated carbocycles. The van der Waals surface area contributed by atoms with Crippen LogP contribution < -0.4 is 5.32 Å². The summed E-state index contributed by atoms with van der Waals surface area (Å²) in [4.78, 5) is 31.5. The van der Waals surface area contributed by atoms with Gasteiger partial charge in [0.1, 0.15) is 17.5 Å². The van der Waals surface area contributed by atoms with Gasteiger partial charge >= 0.3 is 6.18 Å². The van der Waals surface area contributed by atoms with Crippen LogP contribution in [-0.4, -0.2) is 48.3 Å². The number of alkyl halides is 3. The van der Waals surface area contributed by atoms with Crippen molar-refractivity contribution in [2.24, 2.45) is 0 Å². The van der Waals surface area contributed by atoms with E-state index in [0.717, 1.165) is 31.3 Å². The summed E-state index contributed by atoms with van der Waals surface area (Å²) in [6, 6.07) is 10.6. The van der Waals surface area contributed by atoms with E-state index in [-0.39, 0.29) is 17.9 Å². The van der Waals surface area contributed by atoms with Gasteiger partial charge in [-0.1, -0.05) is 24.3 Å². The number of nitrogens with one attached hydrogen (secondary N) is 2. The normalized spacial score (nSPS) is 11.9. The number of aldehydes is 1. The first kappa shape index (κ1) is 23.8. The number of amides is 1. The van der Waals surface area contributed by atoms with Gasteiger partial charge in [-0.2, -0.15) is 23.4 Å². The number of carbonyl (C=O) groups excluding carboxylic acids is 2. The van der Waals surface area contributed by atoms with Gasteiger partial charge in [-0.25, -0.2) is 14.6 Å². The maximum atomic E-state index is 13.2. The number of aromatic amines is 1. The zero-order valence-corrected chi connectivity index (χ0v) is 18.7. The van der Waals surface area contributed by atoms with Gasteiger partial charge in [-0.15, -0.1) is 0 Å². The molecule has 3 heterocycles. The van der Waals surface area contributed by atoms with Crippen molar-refractivity contribution in [3.63, 3.8) is 0 Å². The second-order valence-electron chi connectivity index (χ2n) is 8.23. The zero-order valence-electron chi connectivity index (χ0n) is 18.7. The van der Waals surface area contributed by atoms with E-state index in [9.17, 15) is 22.8 Å². The second kappa shape index (κ2) is 9.12. The molecule has 0 fully saturated rings. The highest BCUT2D eigenvalue weighted by Crippen LogP contribution is 2.38. The summed E-state index contributed by atoms with van der Waals surface area (Å²) >= 11 is 0. The topological polar surface area (TPSA) is 118 Å². The van der Waals surface area contributed by atoms with Gasteiger partial charge in [0, 0.05) is 23.5 Å². The third-order valence-corrected chi connectivity index (χ3v) is 5.42. The molecule has 0 radical (unpaired) electrons. The van der Waals surface area contributed by atoms with Crippen molar-refractivity contribution in [2.45, 2.75) is 32.0 Å². The lowest BCUT2D eigenvalue weighted by Gasteiger charge is -2.24. The van der Waals surface area contributed by atoms with Crippen LogP contribution >= 0.6 is 0 Å². The minimum absolute atomic E-state index is 0.0940. The minimum Gasteiger partial charge on any atom is -0.345 e. The molecular weight excluding hydrogens is 463 g/mol. The molecule has 1 aromatic carbocycles. The molecule has 0 aliphatic heterocycles. The maximum Gasteiger partial charge on any atom is 0.401 e. The van der Waals surface area contributed by atoms with Crippen molar-refractivity contribution < 1.29 is 22.8 Å². The van der Waals surface area contributed by atoms with Crippen LogP contribution in [0.1, 0.15) is 46.2 Å². The number of nitrogens with zero attached hydrogens (tertiary/aromatic N) is 5. The van der Waals surface area contributed by atoms with E-state index in [1.807, 2.05) is 18.2 Å². The van der Waals surface area contributed by atoms with Crippen molar-refractivity contribution in [1.29, 1.82) is 0 Å². The molecule has 0 saturated heterocycles. The molecule has 2 N–H and O–H groups in total. The predicted molar refractivity (Wildman–Crippen MR) is 119 cm³/mol. The fourth-order valence-electron chi connectivity index (χ4n) is 3.06. The third-order valence-electron chi connectivity index (χ3n) is 5.42. The lowest BCUT2D eigenvalue weighted by Crippen LogP contribution is -2.37. The first-order valence-electron chi connectivity index (χ1n) is 10.4.